The molecule has 0 radical (unpaired) electrons. The zero-order valence-corrected chi connectivity index (χ0v) is 17.1. The van der Waals surface area contributed by atoms with Crippen LogP contribution < -0.4 is 10.1 Å². The highest BCUT2D eigenvalue weighted by Crippen LogP contribution is 2.28. The fourth-order valence-corrected chi connectivity index (χ4v) is 4.68. The lowest BCUT2D eigenvalue weighted by Gasteiger charge is -2.34. The molecule has 1 aromatic carbocycles. The number of piperidine rings is 1. The van der Waals surface area contributed by atoms with E-state index in [0.717, 1.165) is 51.4 Å². The largest absolute Gasteiger partial charge is 0.493 e. The maximum absolute atomic E-state index is 11.7. The Morgan fingerprint density at radius 2 is 1.93 bits per heavy atom. The molecule has 3 fully saturated rings. The van der Waals surface area contributed by atoms with Gasteiger partial charge in [-0.1, -0.05) is 18.2 Å². The average molecular weight is 387 g/mol. The molecule has 3 aliphatic rings. The van der Waals surface area contributed by atoms with Crippen LogP contribution in [0.4, 0.5) is 0 Å². The zero-order valence-electron chi connectivity index (χ0n) is 17.1. The molecule has 0 aliphatic carbocycles. The number of hydrogen-bond donors (Lipinski definition) is 1. The van der Waals surface area contributed by atoms with Gasteiger partial charge in [-0.2, -0.15) is 0 Å². The number of likely N-dealkylation sites (N-methyl/N-ethyl adjacent to an activating group) is 1. The lowest BCUT2D eigenvalue weighted by atomic mass is 9.92. The molecule has 1 aromatic rings. The molecule has 1 amide bonds. The molecule has 6 heteroatoms. The van der Waals surface area contributed by atoms with Crippen molar-refractivity contribution in [2.75, 3.05) is 59.5 Å². The van der Waals surface area contributed by atoms with Crippen LogP contribution >= 0.6 is 0 Å². The van der Waals surface area contributed by atoms with Crippen LogP contribution in [-0.4, -0.2) is 86.1 Å². The number of carbonyl (C=O) groups is 1. The molecule has 0 spiro atoms. The van der Waals surface area contributed by atoms with Gasteiger partial charge in [-0.25, -0.2) is 0 Å². The first-order valence-corrected chi connectivity index (χ1v) is 10.8. The monoisotopic (exact) mass is 386 g/mol. The van der Waals surface area contributed by atoms with Gasteiger partial charge in [0.05, 0.1) is 6.61 Å². The number of nitrogens with one attached hydrogen (secondary N) is 1. The summed E-state index contributed by atoms with van der Waals surface area (Å²) < 4.78 is 6.16. The van der Waals surface area contributed by atoms with E-state index in [4.69, 9.17) is 4.74 Å². The number of hydrogen-bond acceptors (Lipinski definition) is 5. The summed E-state index contributed by atoms with van der Waals surface area (Å²) in [5, 5.41) is 3.14. The van der Waals surface area contributed by atoms with Crippen molar-refractivity contribution in [3.63, 3.8) is 0 Å². The van der Waals surface area contributed by atoms with Gasteiger partial charge in [0.15, 0.2) is 0 Å². The molecule has 0 aromatic heterocycles. The van der Waals surface area contributed by atoms with Crippen LogP contribution in [0.15, 0.2) is 24.3 Å². The second-order valence-corrected chi connectivity index (χ2v) is 8.62. The van der Waals surface area contributed by atoms with Crippen molar-refractivity contribution in [2.45, 2.75) is 31.8 Å². The third-order valence-corrected chi connectivity index (χ3v) is 6.47. The molecule has 0 saturated carbocycles. The van der Waals surface area contributed by atoms with Gasteiger partial charge in [0.25, 0.3) is 0 Å². The molecule has 3 heterocycles. The fraction of sp³-hybridized carbons (Fsp3) is 0.682. The molecule has 0 unspecified atom stereocenters. The third kappa shape index (κ3) is 5.04. The van der Waals surface area contributed by atoms with Gasteiger partial charge >= 0.3 is 0 Å². The lowest BCUT2D eigenvalue weighted by molar-refractivity contribution is -0.119. The van der Waals surface area contributed by atoms with Crippen molar-refractivity contribution < 1.29 is 9.53 Å². The van der Waals surface area contributed by atoms with Crippen LogP contribution in [0.5, 0.6) is 5.75 Å². The second kappa shape index (κ2) is 9.25. The Labute approximate surface area is 168 Å². The number of rotatable bonds is 7. The molecule has 0 bridgehead atoms. The summed E-state index contributed by atoms with van der Waals surface area (Å²) in [5.74, 6) is 1.77. The molecule has 2 atom stereocenters. The van der Waals surface area contributed by atoms with Crippen molar-refractivity contribution in [1.29, 1.82) is 0 Å². The Morgan fingerprint density at radius 1 is 1.11 bits per heavy atom. The van der Waals surface area contributed by atoms with E-state index in [2.05, 4.69) is 51.3 Å². The van der Waals surface area contributed by atoms with Gasteiger partial charge in [0.1, 0.15) is 5.75 Å². The highest BCUT2D eigenvalue weighted by atomic mass is 16.5. The first-order chi connectivity index (χ1) is 13.7. The lowest BCUT2D eigenvalue weighted by Crippen LogP contribution is -2.46. The number of para-hydroxylation sites is 1. The van der Waals surface area contributed by atoms with Crippen molar-refractivity contribution in [3.8, 4) is 5.75 Å². The van der Waals surface area contributed by atoms with Crippen molar-refractivity contribution in [3.05, 3.63) is 29.8 Å². The zero-order chi connectivity index (χ0) is 19.3. The van der Waals surface area contributed by atoms with Crippen LogP contribution in [0.25, 0.3) is 0 Å². The maximum Gasteiger partial charge on any atom is 0.220 e. The Bertz CT molecular complexity index is 660. The first kappa shape index (κ1) is 19.7. The number of piperazine rings is 1. The number of benzene rings is 1. The molecular weight excluding hydrogens is 352 g/mol. The number of fused-ring (bicyclic) bond motifs is 1. The van der Waals surface area contributed by atoms with Gasteiger partial charge in [0.2, 0.25) is 5.91 Å². The van der Waals surface area contributed by atoms with Crippen LogP contribution in [0, 0.1) is 5.92 Å². The van der Waals surface area contributed by atoms with Gasteiger partial charge in [-0.15, -0.1) is 0 Å². The maximum atomic E-state index is 11.7. The van der Waals surface area contributed by atoms with Gasteiger partial charge in [-0.05, 0) is 38.4 Å². The van der Waals surface area contributed by atoms with Gasteiger partial charge < -0.3 is 19.9 Å². The van der Waals surface area contributed by atoms with E-state index in [1.54, 1.807) is 0 Å². The summed E-state index contributed by atoms with van der Waals surface area (Å²) in [7, 11) is 2.19. The van der Waals surface area contributed by atoms with E-state index < -0.39 is 0 Å². The number of ether oxygens (including phenoxy) is 1. The first-order valence-electron chi connectivity index (χ1n) is 10.8. The summed E-state index contributed by atoms with van der Waals surface area (Å²) in [5.41, 5.74) is 1.25. The summed E-state index contributed by atoms with van der Waals surface area (Å²) in [6, 6.07) is 8.75. The predicted octanol–water partition coefficient (Wildman–Crippen LogP) is 1.41. The molecular formula is C22H34N4O2. The topological polar surface area (TPSA) is 48.1 Å². The number of likely N-dealkylation sites (tertiary alicyclic amines) is 1. The van der Waals surface area contributed by atoms with Crippen LogP contribution in [0.3, 0.4) is 0 Å². The van der Waals surface area contributed by atoms with E-state index in [1.165, 1.54) is 31.7 Å². The SMILES string of the molecule is CN1CCN(CCCOc2ccccc2CN2CC[C@@H]3CC(=O)N[C@@H]3C2)CC1. The molecule has 154 valence electrons. The van der Waals surface area contributed by atoms with Crippen LogP contribution in [-0.2, 0) is 11.3 Å². The predicted molar refractivity (Wildman–Crippen MR) is 110 cm³/mol. The highest BCUT2D eigenvalue weighted by Gasteiger charge is 2.36. The molecule has 28 heavy (non-hydrogen) atoms. The molecule has 6 nitrogen and oxygen atoms in total. The standard InChI is InChI=1S/C22H34N4O2/c1-24-10-12-25(13-11-24)8-4-14-28-21-6-3-2-5-19(21)16-26-9-7-18-15-22(27)23-20(18)17-26/h2-3,5-6,18,20H,4,7-17H2,1H3,(H,23,27)/t18-,20-/m1/s1. The van der Waals surface area contributed by atoms with Crippen molar-refractivity contribution in [2.24, 2.45) is 5.92 Å². The number of nitrogens with zero attached hydrogens (tertiary/aromatic N) is 3. The third-order valence-electron chi connectivity index (χ3n) is 6.47. The quantitative estimate of drug-likeness (QED) is 0.718. The Hall–Kier alpha value is -1.63. The van der Waals surface area contributed by atoms with E-state index in [0.29, 0.717) is 18.4 Å². The Morgan fingerprint density at radius 3 is 2.79 bits per heavy atom. The van der Waals surface area contributed by atoms with Crippen molar-refractivity contribution in [1.82, 2.24) is 20.0 Å². The number of carbonyl (C=O) groups excluding carboxylic acids is 1. The summed E-state index contributed by atoms with van der Waals surface area (Å²) >= 11 is 0. The van der Waals surface area contributed by atoms with E-state index >= 15 is 0 Å². The molecule has 3 aliphatic heterocycles. The Balaban J connectivity index is 1.24. The summed E-state index contributed by atoms with van der Waals surface area (Å²) in [4.78, 5) is 19.0. The van der Waals surface area contributed by atoms with Gasteiger partial charge in [-0.3, -0.25) is 9.69 Å². The average Bonchev–Trinajstić information content (AvgIpc) is 3.07. The molecule has 3 saturated heterocycles. The highest BCUT2D eigenvalue weighted by molar-refractivity contribution is 5.79. The number of amides is 1. The minimum atomic E-state index is 0.223. The van der Waals surface area contributed by atoms with Crippen LogP contribution in [0.1, 0.15) is 24.8 Å². The fourth-order valence-electron chi connectivity index (χ4n) is 4.68. The normalized spacial score (nSPS) is 26.8. The minimum Gasteiger partial charge on any atom is -0.493 e. The van der Waals surface area contributed by atoms with Gasteiger partial charge in [0, 0.05) is 63.8 Å². The van der Waals surface area contributed by atoms with E-state index in [9.17, 15) is 4.79 Å². The van der Waals surface area contributed by atoms with Crippen molar-refractivity contribution >= 4 is 5.91 Å². The molecule has 4 rings (SSSR count). The van der Waals surface area contributed by atoms with E-state index in [-0.39, 0.29) is 5.91 Å². The summed E-state index contributed by atoms with van der Waals surface area (Å²) in [6.45, 7) is 9.47. The second-order valence-electron chi connectivity index (χ2n) is 8.62. The van der Waals surface area contributed by atoms with Crippen LogP contribution in [0.2, 0.25) is 0 Å². The smallest absolute Gasteiger partial charge is 0.220 e. The molecule has 1 N–H and O–H groups in total. The minimum absolute atomic E-state index is 0.223. The summed E-state index contributed by atoms with van der Waals surface area (Å²) in [6.07, 6.45) is 2.89. The van der Waals surface area contributed by atoms with E-state index in [1.807, 2.05) is 0 Å². The Kier molecular flexibility index (Phi) is 6.50.